The van der Waals surface area contributed by atoms with Gasteiger partial charge in [-0.15, -0.1) is 0 Å². The zero-order valence-electron chi connectivity index (χ0n) is 11.7. The van der Waals surface area contributed by atoms with E-state index in [-0.39, 0.29) is 12.8 Å². The van der Waals surface area contributed by atoms with Gasteiger partial charge in [0, 0.05) is 17.8 Å². The molecule has 110 valence electrons. The van der Waals surface area contributed by atoms with Gasteiger partial charge in [-0.05, 0) is 24.3 Å². The molecule has 0 aromatic heterocycles. The fourth-order valence-electron chi connectivity index (χ4n) is 2.70. The van der Waals surface area contributed by atoms with Gasteiger partial charge in [-0.1, -0.05) is 36.4 Å². The van der Waals surface area contributed by atoms with Crippen molar-refractivity contribution in [3.05, 3.63) is 60.7 Å². The van der Waals surface area contributed by atoms with E-state index in [0.717, 1.165) is 11.4 Å². The van der Waals surface area contributed by atoms with Crippen LogP contribution in [0.1, 0.15) is 6.42 Å². The number of ether oxygens (including phenoxy) is 1. The molecule has 3 atom stereocenters. The van der Waals surface area contributed by atoms with Crippen molar-refractivity contribution < 1.29 is 14.9 Å². The Morgan fingerprint density at radius 1 is 0.952 bits per heavy atom. The molecule has 21 heavy (non-hydrogen) atoms. The minimum atomic E-state index is -0.644. The number of nitrogens with zero attached hydrogens (tertiary/aromatic N) is 1. The summed E-state index contributed by atoms with van der Waals surface area (Å²) in [4.78, 5) is 2.05. The smallest absolute Gasteiger partial charge is 0.137 e. The molecule has 1 saturated heterocycles. The van der Waals surface area contributed by atoms with Crippen LogP contribution in [0.3, 0.4) is 0 Å². The molecular formula is C17H19NO3. The number of hydrogen-bond donors (Lipinski definition) is 2. The van der Waals surface area contributed by atoms with Gasteiger partial charge in [0.25, 0.3) is 0 Å². The summed E-state index contributed by atoms with van der Waals surface area (Å²) in [5.41, 5.74) is 2.00. The first kappa shape index (κ1) is 14.1. The highest BCUT2D eigenvalue weighted by Gasteiger charge is 2.37. The lowest BCUT2D eigenvalue weighted by Gasteiger charge is -2.30. The first-order valence-electron chi connectivity index (χ1n) is 7.13. The van der Waals surface area contributed by atoms with E-state index >= 15 is 0 Å². The number of benzene rings is 2. The predicted octanol–water partition coefficient (Wildman–Crippen LogP) is 2.29. The molecule has 2 aromatic rings. The average Bonchev–Trinajstić information content (AvgIpc) is 2.90. The lowest BCUT2D eigenvalue weighted by Crippen LogP contribution is -2.31. The molecule has 1 aliphatic heterocycles. The van der Waals surface area contributed by atoms with Crippen LogP contribution in [-0.2, 0) is 4.74 Å². The Morgan fingerprint density at radius 3 is 1.90 bits per heavy atom. The molecule has 0 aliphatic carbocycles. The van der Waals surface area contributed by atoms with Crippen molar-refractivity contribution in [2.75, 3.05) is 11.5 Å². The first-order chi connectivity index (χ1) is 10.3. The number of aliphatic hydroxyl groups excluding tert-OH is 2. The highest BCUT2D eigenvalue weighted by molar-refractivity contribution is 5.63. The molecule has 0 spiro atoms. The molecule has 1 heterocycles. The van der Waals surface area contributed by atoms with Crippen LogP contribution in [0.25, 0.3) is 0 Å². The highest BCUT2D eigenvalue weighted by atomic mass is 16.5. The molecular weight excluding hydrogens is 266 g/mol. The molecule has 2 aromatic carbocycles. The molecule has 0 bridgehead atoms. The van der Waals surface area contributed by atoms with Gasteiger partial charge in [0.15, 0.2) is 0 Å². The largest absolute Gasteiger partial charge is 0.394 e. The van der Waals surface area contributed by atoms with Crippen LogP contribution >= 0.6 is 0 Å². The summed E-state index contributed by atoms with van der Waals surface area (Å²) >= 11 is 0. The fraction of sp³-hybridized carbons (Fsp3) is 0.294. The summed E-state index contributed by atoms with van der Waals surface area (Å²) in [5.74, 6) is 0. The Bertz CT molecular complexity index is 521. The van der Waals surface area contributed by atoms with Gasteiger partial charge >= 0.3 is 0 Å². The zero-order chi connectivity index (χ0) is 14.7. The SMILES string of the molecule is OC[C@H]1O[C@@H](N(c2ccccc2)c2ccccc2)C[C@@H]1O. The minimum Gasteiger partial charge on any atom is -0.394 e. The molecule has 0 amide bonds. The van der Waals surface area contributed by atoms with E-state index in [1.807, 2.05) is 60.7 Å². The van der Waals surface area contributed by atoms with E-state index in [4.69, 9.17) is 4.74 Å². The quantitative estimate of drug-likeness (QED) is 0.905. The van der Waals surface area contributed by atoms with Gasteiger partial charge < -0.3 is 19.8 Å². The Hall–Kier alpha value is -1.88. The fourth-order valence-corrected chi connectivity index (χ4v) is 2.70. The summed E-state index contributed by atoms with van der Waals surface area (Å²) < 4.78 is 5.82. The predicted molar refractivity (Wildman–Crippen MR) is 81.4 cm³/mol. The summed E-state index contributed by atoms with van der Waals surface area (Å²) in [6, 6.07) is 19.9. The first-order valence-corrected chi connectivity index (χ1v) is 7.13. The van der Waals surface area contributed by atoms with Gasteiger partial charge in [-0.2, -0.15) is 0 Å². The second-order valence-electron chi connectivity index (χ2n) is 5.16. The third-order valence-electron chi connectivity index (χ3n) is 3.74. The highest BCUT2D eigenvalue weighted by Crippen LogP contribution is 2.33. The van der Waals surface area contributed by atoms with Crippen LogP contribution in [0.4, 0.5) is 11.4 Å². The molecule has 0 unspecified atom stereocenters. The van der Waals surface area contributed by atoms with Crippen molar-refractivity contribution in [3.8, 4) is 0 Å². The molecule has 4 nitrogen and oxygen atoms in total. The van der Waals surface area contributed by atoms with E-state index in [2.05, 4.69) is 4.90 Å². The zero-order valence-corrected chi connectivity index (χ0v) is 11.7. The van der Waals surface area contributed by atoms with E-state index in [1.54, 1.807) is 0 Å². The van der Waals surface area contributed by atoms with Gasteiger partial charge in [0.2, 0.25) is 0 Å². The Balaban J connectivity index is 1.94. The van der Waals surface area contributed by atoms with E-state index in [1.165, 1.54) is 0 Å². The second-order valence-corrected chi connectivity index (χ2v) is 5.16. The van der Waals surface area contributed by atoms with Gasteiger partial charge in [0.05, 0.1) is 12.7 Å². The van der Waals surface area contributed by atoms with Gasteiger partial charge in [-0.25, -0.2) is 0 Å². The molecule has 1 aliphatic rings. The van der Waals surface area contributed by atoms with Gasteiger partial charge in [-0.3, -0.25) is 0 Å². The van der Waals surface area contributed by atoms with Crippen molar-refractivity contribution in [3.63, 3.8) is 0 Å². The van der Waals surface area contributed by atoms with Gasteiger partial charge in [0.1, 0.15) is 12.3 Å². The Kier molecular flexibility index (Phi) is 4.20. The van der Waals surface area contributed by atoms with Crippen LogP contribution < -0.4 is 4.90 Å². The van der Waals surface area contributed by atoms with Crippen LogP contribution in [0, 0.1) is 0 Å². The standard InChI is InChI=1S/C17H19NO3/c19-12-16-15(20)11-17(21-16)18(13-7-3-1-4-8-13)14-9-5-2-6-10-14/h1-10,15-17,19-20H,11-12H2/t15-,16+,17+/m0/s1. The molecule has 1 fully saturated rings. The van der Waals surface area contributed by atoms with Crippen molar-refractivity contribution >= 4 is 11.4 Å². The van der Waals surface area contributed by atoms with E-state index in [0.29, 0.717) is 6.42 Å². The number of hydrogen-bond acceptors (Lipinski definition) is 4. The van der Waals surface area contributed by atoms with Crippen LogP contribution in [0.2, 0.25) is 0 Å². The normalized spacial score (nSPS) is 25.0. The van der Waals surface area contributed by atoms with E-state index < -0.39 is 12.2 Å². The van der Waals surface area contributed by atoms with Crippen molar-refractivity contribution in [1.29, 1.82) is 0 Å². The third kappa shape index (κ3) is 2.93. The average molecular weight is 285 g/mol. The molecule has 3 rings (SSSR count). The van der Waals surface area contributed by atoms with Crippen LogP contribution in [0.15, 0.2) is 60.7 Å². The molecule has 0 saturated carbocycles. The van der Waals surface area contributed by atoms with Crippen molar-refractivity contribution in [1.82, 2.24) is 0 Å². The third-order valence-corrected chi connectivity index (χ3v) is 3.74. The maximum absolute atomic E-state index is 9.99. The Morgan fingerprint density at radius 2 is 1.48 bits per heavy atom. The monoisotopic (exact) mass is 285 g/mol. The van der Waals surface area contributed by atoms with Crippen molar-refractivity contribution in [2.24, 2.45) is 0 Å². The molecule has 4 heteroatoms. The summed E-state index contributed by atoms with van der Waals surface area (Å²) in [6.07, 6.45) is -0.989. The summed E-state index contributed by atoms with van der Waals surface area (Å²) in [6.45, 7) is -0.172. The maximum atomic E-state index is 9.99. The number of anilines is 2. The summed E-state index contributed by atoms with van der Waals surface area (Å²) in [7, 11) is 0. The van der Waals surface area contributed by atoms with Crippen LogP contribution in [0.5, 0.6) is 0 Å². The molecule has 2 N–H and O–H groups in total. The Labute approximate surface area is 124 Å². The number of aliphatic hydroxyl groups is 2. The van der Waals surface area contributed by atoms with E-state index in [9.17, 15) is 10.2 Å². The number of para-hydroxylation sites is 2. The lowest BCUT2D eigenvalue weighted by atomic mass is 10.1. The summed E-state index contributed by atoms with van der Waals surface area (Å²) in [5, 5.41) is 19.3. The molecule has 0 radical (unpaired) electrons. The minimum absolute atomic E-state index is 0.172. The number of rotatable bonds is 4. The van der Waals surface area contributed by atoms with Crippen LogP contribution in [-0.4, -0.2) is 35.3 Å². The topological polar surface area (TPSA) is 52.9 Å². The maximum Gasteiger partial charge on any atom is 0.137 e. The second kappa shape index (κ2) is 6.26. The van der Waals surface area contributed by atoms with Crippen molar-refractivity contribution in [2.45, 2.75) is 24.9 Å². The lowest BCUT2D eigenvalue weighted by molar-refractivity contribution is -0.0198.